The minimum atomic E-state index is -0.558. The van der Waals surface area contributed by atoms with Gasteiger partial charge in [0.05, 0.1) is 5.54 Å². The topological polar surface area (TPSA) is 58.4 Å². The molecule has 0 spiro atoms. The fraction of sp³-hybridized carbons (Fsp3) is 0.941. The molecule has 0 bridgehead atoms. The molecule has 0 aromatic heterocycles. The van der Waals surface area contributed by atoms with Crippen LogP contribution >= 0.6 is 0 Å². The lowest BCUT2D eigenvalue weighted by atomic mass is 9.78. The zero-order valence-corrected chi connectivity index (χ0v) is 13.9. The van der Waals surface area contributed by atoms with E-state index in [-0.39, 0.29) is 5.91 Å². The van der Waals surface area contributed by atoms with Crippen LogP contribution in [-0.2, 0) is 4.79 Å². The van der Waals surface area contributed by atoms with Gasteiger partial charge < -0.3 is 16.0 Å². The summed E-state index contributed by atoms with van der Waals surface area (Å²) < 4.78 is 0. The third-order valence-electron chi connectivity index (χ3n) is 5.57. The van der Waals surface area contributed by atoms with Crippen molar-refractivity contribution >= 4 is 5.91 Å². The number of hydrogen-bond acceptors (Lipinski definition) is 3. The Labute approximate surface area is 129 Å². The fourth-order valence-electron chi connectivity index (χ4n) is 4.07. The lowest BCUT2D eigenvalue weighted by molar-refractivity contribution is -0.124. The van der Waals surface area contributed by atoms with Gasteiger partial charge in [0.2, 0.25) is 5.91 Å². The van der Waals surface area contributed by atoms with Crippen molar-refractivity contribution < 1.29 is 4.79 Å². The summed E-state index contributed by atoms with van der Waals surface area (Å²) in [7, 11) is 0. The van der Waals surface area contributed by atoms with Crippen LogP contribution < -0.4 is 11.1 Å². The van der Waals surface area contributed by atoms with E-state index < -0.39 is 5.54 Å². The van der Waals surface area contributed by atoms with Gasteiger partial charge in [-0.05, 0) is 64.5 Å². The summed E-state index contributed by atoms with van der Waals surface area (Å²) in [6.45, 7) is 7.13. The average molecular weight is 295 g/mol. The second kappa shape index (κ2) is 7.59. The number of rotatable bonds is 7. The molecule has 2 fully saturated rings. The second-order valence-electron chi connectivity index (χ2n) is 7.16. The Kier molecular flexibility index (Phi) is 6.06. The van der Waals surface area contributed by atoms with Crippen LogP contribution in [0.4, 0.5) is 0 Å². The average Bonchev–Trinajstić information content (AvgIpc) is 2.50. The van der Waals surface area contributed by atoms with Crippen molar-refractivity contribution in [1.29, 1.82) is 0 Å². The molecule has 1 saturated heterocycles. The fourth-order valence-corrected chi connectivity index (χ4v) is 4.07. The smallest absolute Gasteiger partial charge is 0.237 e. The first kappa shape index (κ1) is 16.8. The first-order valence-electron chi connectivity index (χ1n) is 8.86. The van der Waals surface area contributed by atoms with E-state index in [4.69, 9.17) is 5.73 Å². The van der Waals surface area contributed by atoms with Crippen molar-refractivity contribution in [1.82, 2.24) is 10.2 Å². The molecule has 3 atom stereocenters. The van der Waals surface area contributed by atoms with Crippen LogP contribution in [-0.4, -0.2) is 42.0 Å². The van der Waals surface area contributed by atoms with Crippen LogP contribution in [0.1, 0.15) is 65.2 Å². The Balaban J connectivity index is 1.91. The van der Waals surface area contributed by atoms with Gasteiger partial charge in [-0.15, -0.1) is 0 Å². The molecule has 122 valence electrons. The standard InChI is InChI=1S/C17H33N3O/c1-3-11-19-17(2,16(18)21)10-13-20-12-6-8-14-7-4-5-9-15(14)20/h14-15,19H,3-13H2,1-2H3,(H2,18,21)/t14-,15-,17?/m1/s1. The first-order chi connectivity index (χ1) is 10.1. The number of carbonyl (C=O) groups is 1. The molecule has 1 heterocycles. The van der Waals surface area contributed by atoms with E-state index in [2.05, 4.69) is 17.1 Å². The molecule has 2 aliphatic rings. The molecule has 1 aliphatic heterocycles. The molecule has 2 rings (SSSR count). The largest absolute Gasteiger partial charge is 0.368 e. The predicted octanol–water partition coefficient (Wildman–Crippen LogP) is 2.27. The van der Waals surface area contributed by atoms with Crippen molar-refractivity contribution in [2.75, 3.05) is 19.6 Å². The molecule has 0 aromatic rings. The molecule has 1 unspecified atom stereocenters. The van der Waals surface area contributed by atoms with Crippen LogP contribution in [0.15, 0.2) is 0 Å². The summed E-state index contributed by atoms with van der Waals surface area (Å²) in [6.07, 6.45) is 10.1. The summed E-state index contributed by atoms with van der Waals surface area (Å²) >= 11 is 0. The van der Waals surface area contributed by atoms with Crippen molar-refractivity contribution in [2.45, 2.75) is 76.8 Å². The van der Waals surface area contributed by atoms with Crippen molar-refractivity contribution in [3.8, 4) is 0 Å². The Bertz CT molecular complexity index is 345. The van der Waals surface area contributed by atoms with Gasteiger partial charge in [-0.1, -0.05) is 19.8 Å². The SMILES string of the molecule is CCCNC(C)(CCN1CCC[C@H]2CCCC[C@H]21)C(N)=O. The van der Waals surface area contributed by atoms with Crippen LogP contribution in [0.2, 0.25) is 0 Å². The van der Waals surface area contributed by atoms with Crippen LogP contribution in [0.5, 0.6) is 0 Å². The van der Waals surface area contributed by atoms with Gasteiger partial charge in [0.1, 0.15) is 0 Å². The monoisotopic (exact) mass is 295 g/mol. The summed E-state index contributed by atoms with van der Waals surface area (Å²) in [5.74, 6) is 0.684. The Hall–Kier alpha value is -0.610. The highest BCUT2D eigenvalue weighted by atomic mass is 16.1. The molecule has 4 heteroatoms. The van der Waals surface area contributed by atoms with Crippen LogP contribution in [0.25, 0.3) is 0 Å². The molecule has 4 nitrogen and oxygen atoms in total. The zero-order valence-electron chi connectivity index (χ0n) is 13.9. The highest BCUT2D eigenvalue weighted by molar-refractivity contribution is 5.84. The molecule has 3 N–H and O–H groups in total. The number of nitrogens with one attached hydrogen (secondary N) is 1. The molecule has 1 aliphatic carbocycles. The van der Waals surface area contributed by atoms with Gasteiger partial charge in [-0.3, -0.25) is 4.79 Å². The lowest BCUT2D eigenvalue weighted by Gasteiger charge is -2.45. The predicted molar refractivity (Wildman–Crippen MR) is 87.1 cm³/mol. The lowest BCUT2D eigenvalue weighted by Crippen LogP contribution is -2.56. The van der Waals surface area contributed by atoms with Gasteiger partial charge in [-0.25, -0.2) is 0 Å². The van der Waals surface area contributed by atoms with Gasteiger partial charge in [0, 0.05) is 12.6 Å². The second-order valence-corrected chi connectivity index (χ2v) is 7.16. The maximum atomic E-state index is 11.8. The quantitative estimate of drug-likeness (QED) is 0.757. The minimum absolute atomic E-state index is 0.215. The number of piperidine rings is 1. The number of primary amides is 1. The molecule has 1 saturated carbocycles. The maximum Gasteiger partial charge on any atom is 0.237 e. The number of carbonyl (C=O) groups excluding carboxylic acids is 1. The third kappa shape index (κ3) is 4.19. The molecule has 0 radical (unpaired) electrons. The number of amides is 1. The van der Waals surface area contributed by atoms with Crippen molar-refractivity contribution in [2.24, 2.45) is 11.7 Å². The number of fused-ring (bicyclic) bond motifs is 1. The third-order valence-corrected chi connectivity index (χ3v) is 5.57. The highest BCUT2D eigenvalue weighted by Gasteiger charge is 2.36. The number of nitrogens with zero attached hydrogens (tertiary/aromatic N) is 1. The van der Waals surface area contributed by atoms with E-state index in [0.717, 1.165) is 37.9 Å². The molecular formula is C17H33N3O. The van der Waals surface area contributed by atoms with Gasteiger partial charge in [0.25, 0.3) is 0 Å². The van der Waals surface area contributed by atoms with E-state index >= 15 is 0 Å². The van der Waals surface area contributed by atoms with E-state index in [1.807, 2.05) is 6.92 Å². The number of hydrogen-bond donors (Lipinski definition) is 2. The molecule has 0 aromatic carbocycles. The van der Waals surface area contributed by atoms with Crippen molar-refractivity contribution in [3.63, 3.8) is 0 Å². The highest BCUT2D eigenvalue weighted by Crippen LogP contribution is 2.35. The summed E-state index contributed by atoms with van der Waals surface area (Å²) in [5, 5.41) is 3.36. The summed E-state index contributed by atoms with van der Waals surface area (Å²) in [5.41, 5.74) is 5.08. The van der Waals surface area contributed by atoms with Gasteiger partial charge in [0.15, 0.2) is 0 Å². The Morgan fingerprint density at radius 2 is 2.00 bits per heavy atom. The maximum absolute atomic E-state index is 11.8. The van der Waals surface area contributed by atoms with E-state index in [0.29, 0.717) is 0 Å². The van der Waals surface area contributed by atoms with Crippen LogP contribution in [0, 0.1) is 5.92 Å². The molecule has 21 heavy (non-hydrogen) atoms. The normalized spacial score (nSPS) is 29.6. The first-order valence-corrected chi connectivity index (χ1v) is 8.86. The molecular weight excluding hydrogens is 262 g/mol. The summed E-state index contributed by atoms with van der Waals surface area (Å²) in [6, 6.07) is 0.760. The summed E-state index contributed by atoms with van der Waals surface area (Å²) in [4.78, 5) is 14.5. The van der Waals surface area contributed by atoms with Gasteiger partial charge in [-0.2, -0.15) is 0 Å². The van der Waals surface area contributed by atoms with Crippen molar-refractivity contribution in [3.05, 3.63) is 0 Å². The zero-order chi connectivity index (χ0) is 15.3. The minimum Gasteiger partial charge on any atom is -0.368 e. The Morgan fingerprint density at radius 3 is 2.71 bits per heavy atom. The van der Waals surface area contributed by atoms with E-state index in [9.17, 15) is 4.79 Å². The number of nitrogens with two attached hydrogens (primary N) is 1. The van der Waals surface area contributed by atoms with E-state index in [1.165, 1.54) is 45.1 Å². The van der Waals surface area contributed by atoms with Crippen LogP contribution in [0.3, 0.4) is 0 Å². The molecule has 1 amide bonds. The Morgan fingerprint density at radius 1 is 1.29 bits per heavy atom. The van der Waals surface area contributed by atoms with Gasteiger partial charge >= 0.3 is 0 Å². The number of likely N-dealkylation sites (tertiary alicyclic amines) is 1. The van der Waals surface area contributed by atoms with E-state index in [1.54, 1.807) is 0 Å².